The molecule has 1 saturated heterocycles. The third kappa shape index (κ3) is 2.10. The first-order valence-corrected chi connectivity index (χ1v) is 5.63. The standard InChI is InChI=1S/C9H14N2O2S/c12-7-9(1-3-13-4-2-9)5-8-6-14-11-10-8/h6,12H,1-5,7H2. The van der Waals surface area contributed by atoms with Crippen LogP contribution in [0.1, 0.15) is 18.5 Å². The van der Waals surface area contributed by atoms with Gasteiger partial charge < -0.3 is 9.84 Å². The van der Waals surface area contributed by atoms with Crippen LogP contribution >= 0.6 is 11.5 Å². The van der Waals surface area contributed by atoms with Crippen LogP contribution in [-0.4, -0.2) is 34.5 Å². The number of aliphatic hydroxyl groups excluding tert-OH is 1. The van der Waals surface area contributed by atoms with Crippen LogP contribution < -0.4 is 0 Å². The number of hydrogen-bond donors (Lipinski definition) is 1. The molecule has 5 heteroatoms. The van der Waals surface area contributed by atoms with Gasteiger partial charge in [-0.2, -0.15) is 0 Å². The van der Waals surface area contributed by atoms with Crippen LogP contribution in [0.15, 0.2) is 5.38 Å². The summed E-state index contributed by atoms with van der Waals surface area (Å²) >= 11 is 1.36. The van der Waals surface area contributed by atoms with Gasteiger partial charge in [-0.1, -0.05) is 4.49 Å². The van der Waals surface area contributed by atoms with E-state index < -0.39 is 0 Å². The normalized spacial score (nSPS) is 20.9. The molecular formula is C9H14N2O2S. The Bertz CT molecular complexity index is 270. The summed E-state index contributed by atoms with van der Waals surface area (Å²) in [4.78, 5) is 0. The molecule has 0 amide bonds. The van der Waals surface area contributed by atoms with Crippen LogP contribution in [0.25, 0.3) is 0 Å². The molecule has 0 radical (unpaired) electrons. The smallest absolute Gasteiger partial charge is 0.0761 e. The second kappa shape index (κ2) is 4.33. The van der Waals surface area contributed by atoms with E-state index in [-0.39, 0.29) is 12.0 Å². The highest BCUT2D eigenvalue weighted by atomic mass is 32.1. The van der Waals surface area contributed by atoms with E-state index in [1.807, 2.05) is 5.38 Å². The van der Waals surface area contributed by atoms with Gasteiger partial charge >= 0.3 is 0 Å². The van der Waals surface area contributed by atoms with Crippen molar-refractivity contribution in [3.8, 4) is 0 Å². The van der Waals surface area contributed by atoms with Gasteiger partial charge in [-0.15, -0.1) is 5.10 Å². The number of nitrogens with zero attached hydrogens (tertiary/aromatic N) is 2. The van der Waals surface area contributed by atoms with Crippen molar-refractivity contribution in [3.05, 3.63) is 11.1 Å². The van der Waals surface area contributed by atoms with Crippen molar-refractivity contribution in [1.29, 1.82) is 0 Å². The van der Waals surface area contributed by atoms with E-state index in [0.717, 1.165) is 38.2 Å². The molecule has 0 unspecified atom stereocenters. The zero-order valence-electron chi connectivity index (χ0n) is 7.98. The van der Waals surface area contributed by atoms with Gasteiger partial charge in [-0.05, 0) is 24.4 Å². The number of aliphatic hydroxyl groups is 1. The average molecular weight is 214 g/mol. The number of ether oxygens (including phenoxy) is 1. The van der Waals surface area contributed by atoms with Crippen LogP contribution in [0.5, 0.6) is 0 Å². The van der Waals surface area contributed by atoms with E-state index in [0.29, 0.717) is 0 Å². The van der Waals surface area contributed by atoms with Crippen molar-refractivity contribution < 1.29 is 9.84 Å². The fraction of sp³-hybridized carbons (Fsp3) is 0.778. The Balaban J connectivity index is 2.04. The van der Waals surface area contributed by atoms with Crippen LogP contribution in [0.4, 0.5) is 0 Å². The largest absolute Gasteiger partial charge is 0.396 e. The van der Waals surface area contributed by atoms with Gasteiger partial charge in [-0.3, -0.25) is 0 Å². The minimum Gasteiger partial charge on any atom is -0.396 e. The summed E-state index contributed by atoms with van der Waals surface area (Å²) in [5, 5.41) is 15.4. The molecular weight excluding hydrogens is 200 g/mol. The molecule has 0 saturated carbocycles. The van der Waals surface area contributed by atoms with Crippen LogP contribution in [0.3, 0.4) is 0 Å². The third-order valence-electron chi connectivity index (χ3n) is 2.85. The molecule has 1 fully saturated rings. The van der Waals surface area contributed by atoms with Crippen LogP contribution in [-0.2, 0) is 11.2 Å². The Kier molecular flexibility index (Phi) is 3.10. The lowest BCUT2D eigenvalue weighted by molar-refractivity contribution is -0.0162. The number of hydrogen-bond acceptors (Lipinski definition) is 5. The van der Waals surface area contributed by atoms with Gasteiger partial charge in [0.25, 0.3) is 0 Å². The highest BCUT2D eigenvalue weighted by molar-refractivity contribution is 7.03. The first-order valence-electron chi connectivity index (χ1n) is 4.79. The van der Waals surface area contributed by atoms with E-state index in [2.05, 4.69) is 9.59 Å². The number of rotatable bonds is 3. The van der Waals surface area contributed by atoms with Gasteiger partial charge in [-0.25, -0.2) is 0 Å². The molecule has 1 aliphatic heterocycles. The summed E-state index contributed by atoms with van der Waals surface area (Å²) in [5.41, 5.74) is 0.972. The predicted molar refractivity (Wildman–Crippen MR) is 53.2 cm³/mol. The lowest BCUT2D eigenvalue weighted by Crippen LogP contribution is -2.35. The molecule has 0 spiro atoms. The Hall–Kier alpha value is -0.520. The fourth-order valence-corrected chi connectivity index (χ4v) is 2.29. The maximum absolute atomic E-state index is 9.44. The topological polar surface area (TPSA) is 55.2 Å². The number of aromatic nitrogens is 2. The second-order valence-electron chi connectivity index (χ2n) is 3.84. The molecule has 1 aromatic rings. The monoisotopic (exact) mass is 214 g/mol. The maximum Gasteiger partial charge on any atom is 0.0761 e. The highest BCUT2D eigenvalue weighted by Gasteiger charge is 2.32. The van der Waals surface area contributed by atoms with Gasteiger partial charge in [0.2, 0.25) is 0 Å². The SMILES string of the molecule is OCC1(Cc2csnn2)CCOCC1. The van der Waals surface area contributed by atoms with Gasteiger partial charge in [0.15, 0.2) is 0 Å². The van der Waals surface area contributed by atoms with Crippen molar-refractivity contribution in [3.63, 3.8) is 0 Å². The first kappa shape index (κ1) is 10.0. The Morgan fingerprint density at radius 2 is 2.29 bits per heavy atom. The predicted octanol–water partition coefficient (Wildman–Crippen LogP) is 0.870. The molecule has 78 valence electrons. The quantitative estimate of drug-likeness (QED) is 0.811. The van der Waals surface area contributed by atoms with Crippen molar-refractivity contribution in [2.24, 2.45) is 5.41 Å². The average Bonchev–Trinajstić information content (AvgIpc) is 2.72. The zero-order valence-corrected chi connectivity index (χ0v) is 8.79. The summed E-state index contributed by atoms with van der Waals surface area (Å²) in [7, 11) is 0. The highest BCUT2D eigenvalue weighted by Crippen LogP contribution is 2.33. The van der Waals surface area contributed by atoms with E-state index >= 15 is 0 Å². The van der Waals surface area contributed by atoms with Gasteiger partial charge in [0.1, 0.15) is 0 Å². The Labute approximate surface area is 87.1 Å². The summed E-state index contributed by atoms with van der Waals surface area (Å²) in [6.07, 6.45) is 2.66. The lowest BCUT2D eigenvalue weighted by atomic mass is 9.77. The molecule has 14 heavy (non-hydrogen) atoms. The maximum atomic E-state index is 9.44. The molecule has 0 atom stereocenters. The van der Waals surface area contributed by atoms with Gasteiger partial charge in [0, 0.05) is 37.0 Å². The Morgan fingerprint density at radius 1 is 1.50 bits per heavy atom. The summed E-state index contributed by atoms with van der Waals surface area (Å²) in [5.74, 6) is 0. The van der Waals surface area contributed by atoms with E-state index in [4.69, 9.17) is 4.74 Å². The zero-order chi connectivity index (χ0) is 9.86. The summed E-state index contributed by atoms with van der Waals surface area (Å²) < 4.78 is 9.13. The van der Waals surface area contributed by atoms with E-state index in [9.17, 15) is 5.11 Å². The fourth-order valence-electron chi connectivity index (χ4n) is 1.84. The minimum absolute atomic E-state index is 0.0198. The molecule has 1 aliphatic rings. The molecule has 2 heterocycles. The Morgan fingerprint density at radius 3 is 2.86 bits per heavy atom. The molecule has 0 bridgehead atoms. The molecule has 2 rings (SSSR count). The van der Waals surface area contributed by atoms with Crippen molar-refractivity contribution in [1.82, 2.24) is 9.59 Å². The minimum atomic E-state index is -0.0198. The first-order chi connectivity index (χ1) is 6.85. The molecule has 0 aromatic carbocycles. The lowest BCUT2D eigenvalue weighted by Gasteiger charge is -2.34. The van der Waals surface area contributed by atoms with E-state index in [1.54, 1.807) is 0 Å². The molecule has 0 aliphatic carbocycles. The van der Waals surface area contributed by atoms with E-state index in [1.165, 1.54) is 11.5 Å². The van der Waals surface area contributed by atoms with Crippen molar-refractivity contribution in [2.45, 2.75) is 19.3 Å². The molecule has 1 N–H and O–H groups in total. The second-order valence-corrected chi connectivity index (χ2v) is 4.45. The third-order valence-corrected chi connectivity index (χ3v) is 3.40. The summed E-state index contributed by atoms with van der Waals surface area (Å²) in [6.45, 7) is 1.71. The van der Waals surface area contributed by atoms with Gasteiger partial charge in [0.05, 0.1) is 5.69 Å². The van der Waals surface area contributed by atoms with Crippen LogP contribution in [0.2, 0.25) is 0 Å². The summed E-state index contributed by atoms with van der Waals surface area (Å²) in [6, 6.07) is 0. The molecule has 1 aromatic heterocycles. The van der Waals surface area contributed by atoms with Crippen molar-refractivity contribution >= 4 is 11.5 Å². The van der Waals surface area contributed by atoms with Crippen LogP contribution in [0, 0.1) is 5.41 Å². The molecule has 4 nitrogen and oxygen atoms in total. The van der Waals surface area contributed by atoms with Crippen molar-refractivity contribution in [2.75, 3.05) is 19.8 Å².